The number of thioether (sulfide) groups is 1. The van der Waals surface area contributed by atoms with Gasteiger partial charge in [-0.1, -0.05) is 11.8 Å². The first-order valence-corrected chi connectivity index (χ1v) is 9.39. The molecule has 0 aliphatic carbocycles. The number of likely N-dealkylation sites (tertiary alicyclic amines) is 1. The summed E-state index contributed by atoms with van der Waals surface area (Å²) in [6.07, 6.45) is 4.04. The zero-order chi connectivity index (χ0) is 15.5. The third-order valence-electron chi connectivity index (χ3n) is 3.86. The first-order valence-electron chi connectivity index (χ1n) is 7.34. The highest BCUT2D eigenvalue weighted by Gasteiger charge is 2.18. The van der Waals surface area contributed by atoms with Crippen LogP contribution in [0.15, 0.2) is 22.5 Å². The number of piperidine rings is 1. The van der Waals surface area contributed by atoms with Crippen LogP contribution in [0.1, 0.15) is 12.8 Å². The summed E-state index contributed by atoms with van der Waals surface area (Å²) in [5, 5.41) is 5.99. The Hall–Kier alpha value is -1.31. The molecule has 118 valence electrons. The van der Waals surface area contributed by atoms with Gasteiger partial charge in [-0.25, -0.2) is 9.78 Å². The van der Waals surface area contributed by atoms with Gasteiger partial charge in [0.25, 0.3) is 0 Å². The van der Waals surface area contributed by atoms with E-state index < -0.39 is 0 Å². The van der Waals surface area contributed by atoms with Gasteiger partial charge in [-0.15, -0.1) is 11.3 Å². The number of hydrogen-bond acceptors (Lipinski definition) is 5. The molecular formula is C15H20N4OS2. The van der Waals surface area contributed by atoms with Gasteiger partial charge >= 0.3 is 6.03 Å². The standard InChI is InChI=1S/C15H20N4OS2/c1-19-7-5-10(6-8-19)16-14(20)17-11-3-4-12-13(9-11)22-15(18-12)21-2/h3-4,9-10H,5-8H2,1-2H3,(H2,16,17,20). The average molecular weight is 336 g/mol. The highest BCUT2D eigenvalue weighted by atomic mass is 32.2. The molecule has 1 saturated heterocycles. The Morgan fingerprint density at radius 2 is 2.18 bits per heavy atom. The van der Waals surface area contributed by atoms with E-state index in [1.54, 1.807) is 23.1 Å². The quantitative estimate of drug-likeness (QED) is 0.845. The number of urea groups is 1. The van der Waals surface area contributed by atoms with Gasteiger partial charge in [-0.05, 0) is 57.4 Å². The number of carbonyl (C=O) groups is 1. The number of fused-ring (bicyclic) bond motifs is 1. The van der Waals surface area contributed by atoms with Gasteiger partial charge in [0.2, 0.25) is 0 Å². The van der Waals surface area contributed by atoms with Crippen LogP contribution in [-0.2, 0) is 0 Å². The van der Waals surface area contributed by atoms with E-state index in [0.717, 1.165) is 46.2 Å². The minimum Gasteiger partial charge on any atom is -0.335 e. The van der Waals surface area contributed by atoms with Gasteiger partial charge < -0.3 is 15.5 Å². The molecule has 2 amide bonds. The molecule has 7 heteroatoms. The van der Waals surface area contributed by atoms with E-state index in [0.29, 0.717) is 0 Å². The number of amides is 2. The number of nitrogens with zero attached hydrogens (tertiary/aromatic N) is 2. The fourth-order valence-corrected chi connectivity index (χ4v) is 4.10. The summed E-state index contributed by atoms with van der Waals surface area (Å²) in [7, 11) is 2.11. The highest BCUT2D eigenvalue weighted by Crippen LogP contribution is 2.29. The van der Waals surface area contributed by atoms with Crippen LogP contribution in [0.5, 0.6) is 0 Å². The van der Waals surface area contributed by atoms with Crippen molar-refractivity contribution in [3.63, 3.8) is 0 Å². The number of benzene rings is 1. The molecule has 1 aliphatic heterocycles. The maximum Gasteiger partial charge on any atom is 0.319 e. The minimum atomic E-state index is -0.122. The smallest absolute Gasteiger partial charge is 0.319 e. The van der Waals surface area contributed by atoms with E-state index in [1.165, 1.54) is 0 Å². The van der Waals surface area contributed by atoms with Crippen LogP contribution in [-0.4, -0.2) is 48.3 Å². The number of thiazole rings is 1. The van der Waals surface area contributed by atoms with Crippen molar-refractivity contribution >= 4 is 45.0 Å². The summed E-state index contributed by atoms with van der Waals surface area (Å²) in [6, 6.07) is 5.99. The van der Waals surface area contributed by atoms with Crippen molar-refractivity contribution in [1.82, 2.24) is 15.2 Å². The first kappa shape index (κ1) is 15.6. The first-order chi connectivity index (χ1) is 10.6. The molecule has 0 bridgehead atoms. The Bertz CT molecular complexity index is 665. The second-order valence-electron chi connectivity index (χ2n) is 5.54. The number of anilines is 1. The molecule has 0 spiro atoms. The SMILES string of the molecule is CSc1nc2ccc(NC(=O)NC3CCN(C)CC3)cc2s1. The molecule has 0 unspecified atom stereocenters. The molecule has 0 atom stereocenters. The largest absolute Gasteiger partial charge is 0.335 e. The second-order valence-corrected chi connectivity index (χ2v) is 7.63. The highest BCUT2D eigenvalue weighted by molar-refractivity contribution is 8.00. The summed E-state index contributed by atoms with van der Waals surface area (Å²) in [4.78, 5) is 18.9. The van der Waals surface area contributed by atoms with Gasteiger partial charge in [-0.2, -0.15) is 0 Å². The third-order valence-corrected chi connectivity index (χ3v) is 5.86. The molecule has 1 fully saturated rings. The predicted molar refractivity (Wildman–Crippen MR) is 94.1 cm³/mol. The lowest BCUT2D eigenvalue weighted by Crippen LogP contribution is -2.44. The fourth-order valence-electron chi connectivity index (χ4n) is 2.57. The van der Waals surface area contributed by atoms with Crippen LogP contribution in [0.3, 0.4) is 0 Å². The summed E-state index contributed by atoms with van der Waals surface area (Å²) in [5.41, 5.74) is 1.80. The number of nitrogens with one attached hydrogen (secondary N) is 2. The molecule has 2 heterocycles. The van der Waals surface area contributed by atoms with Crippen LogP contribution >= 0.6 is 23.1 Å². The lowest BCUT2D eigenvalue weighted by Gasteiger charge is -2.29. The average Bonchev–Trinajstić information content (AvgIpc) is 2.92. The van der Waals surface area contributed by atoms with E-state index in [1.807, 2.05) is 24.5 Å². The summed E-state index contributed by atoms with van der Waals surface area (Å²) >= 11 is 3.29. The zero-order valence-corrected chi connectivity index (χ0v) is 14.4. The van der Waals surface area contributed by atoms with E-state index in [2.05, 4.69) is 27.6 Å². The second kappa shape index (κ2) is 6.85. The van der Waals surface area contributed by atoms with E-state index >= 15 is 0 Å². The van der Waals surface area contributed by atoms with Gasteiger partial charge in [0.05, 0.1) is 10.2 Å². The monoisotopic (exact) mass is 336 g/mol. The van der Waals surface area contributed by atoms with Gasteiger partial charge in [0.1, 0.15) is 0 Å². The van der Waals surface area contributed by atoms with Crippen molar-refractivity contribution in [3.8, 4) is 0 Å². The van der Waals surface area contributed by atoms with Gasteiger partial charge in [0.15, 0.2) is 4.34 Å². The molecule has 2 N–H and O–H groups in total. The Morgan fingerprint density at radius 1 is 1.41 bits per heavy atom. The van der Waals surface area contributed by atoms with Crippen LogP contribution in [0.2, 0.25) is 0 Å². The Balaban J connectivity index is 1.61. The Kier molecular flexibility index (Phi) is 4.85. The number of carbonyl (C=O) groups excluding carboxylic acids is 1. The predicted octanol–water partition coefficient (Wildman–Crippen LogP) is 3.23. The van der Waals surface area contributed by atoms with Crippen molar-refractivity contribution in [2.75, 3.05) is 31.7 Å². The molecular weight excluding hydrogens is 316 g/mol. The molecule has 0 radical (unpaired) electrons. The topological polar surface area (TPSA) is 57.3 Å². The summed E-state index contributed by atoms with van der Waals surface area (Å²) in [5.74, 6) is 0. The zero-order valence-electron chi connectivity index (χ0n) is 12.8. The minimum absolute atomic E-state index is 0.122. The van der Waals surface area contributed by atoms with Gasteiger partial charge in [-0.3, -0.25) is 0 Å². The van der Waals surface area contributed by atoms with E-state index in [4.69, 9.17) is 0 Å². The molecule has 1 aromatic heterocycles. The molecule has 0 saturated carbocycles. The Morgan fingerprint density at radius 3 is 2.91 bits per heavy atom. The molecule has 1 aliphatic rings. The number of aromatic nitrogens is 1. The fraction of sp³-hybridized carbons (Fsp3) is 0.467. The van der Waals surface area contributed by atoms with E-state index in [9.17, 15) is 4.79 Å². The third kappa shape index (κ3) is 3.71. The van der Waals surface area contributed by atoms with Crippen molar-refractivity contribution in [1.29, 1.82) is 0 Å². The van der Waals surface area contributed by atoms with Crippen molar-refractivity contribution in [3.05, 3.63) is 18.2 Å². The molecule has 2 aromatic rings. The van der Waals surface area contributed by atoms with Gasteiger partial charge in [0, 0.05) is 11.7 Å². The molecule has 22 heavy (non-hydrogen) atoms. The lowest BCUT2D eigenvalue weighted by atomic mass is 10.1. The molecule has 3 rings (SSSR count). The Labute approximate surface area is 138 Å². The van der Waals surface area contributed by atoms with Crippen molar-refractivity contribution in [2.45, 2.75) is 23.2 Å². The summed E-state index contributed by atoms with van der Waals surface area (Å²) in [6.45, 7) is 2.07. The van der Waals surface area contributed by atoms with Crippen molar-refractivity contribution < 1.29 is 4.79 Å². The van der Waals surface area contributed by atoms with Crippen LogP contribution in [0.25, 0.3) is 10.2 Å². The molecule has 5 nitrogen and oxygen atoms in total. The maximum absolute atomic E-state index is 12.1. The number of hydrogen-bond donors (Lipinski definition) is 2. The van der Waals surface area contributed by atoms with E-state index in [-0.39, 0.29) is 12.1 Å². The van der Waals surface area contributed by atoms with Crippen LogP contribution in [0.4, 0.5) is 10.5 Å². The van der Waals surface area contributed by atoms with Crippen LogP contribution < -0.4 is 10.6 Å². The maximum atomic E-state index is 12.1. The normalized spacial score (nSPS) is 16.8. The lowest BCUT2D eigenvalue weighted by molar-refractivity contribution is 0.221. The van der Waals surface area contributed by atoms with Crippen molar-refractivity contribution in [2.24, 2.45) is 0 Å². The van der Waals surface area contributed by atoms with Crippen LogP contribution in [0, 0.1) is 0 Å². The number of rotatable bonds is 3. The summed E-state index contributed by atoms with van der Waals surface area (Å²) < 4.78 is 2.14. The molecule has 1 aromatic carbocycles.